The van der Waals surface area contributed by atoms with E-state index in [0.29, 0.717) is 18.1 Å². The maximum atomic E-state index is 12.0. The molecule has 3 aromatic rings. The minimum Gasteiger partial charge on any atom is -0.368 e. The van der Waals surface area contributed by atoms with Crippen LogP contribution < -0.4 is 5.73 Å². The van der Waals surface area contributed by atoms with E-state index in [4.69, 9.17) is 5.73 Å². The molecule has 0 aliphatic carbocycles. The van der Waals surface area contributed by atoms with Crippen molar-refractivity contribution in [2.24, 2.45) is 12.8 Å². The normalized spacial score (nSPS) is 12.2. The Balaban J connectivity index is 1.99. The lowest BCUT2D eigenvalue weighted by Gasteiger charge is -2.17. The highest BCUT2D eigenvalue weighted by molar-refractivity contribution is 5.79. The van der Waals surface area contributed by atoms with Gasteiger partial charge in [0.1, 0.15) is 6.04 Å². The number of benzene rings is 1. The Labute approximate surface area is 128 Å². The first-order valence-corrected chi connectivity index (χ1v) is 7.00. The van der Waals surface area contributed by atoms with Crippen LogP contribution in [0, 0.1) is 0 Å². The lowest BCUT2D eigenvalue weighted by Crippen LogP contribution is -2.28. The van der Waals surface area contributed by atoms with Crippen LogP contribution in [-0.4, -0.2) is 25.0 Å². The van der Waals surface area contributed by atoms with Crippen LogP contribution in [0.1, 0.15) is 11.6 Å². The van der Waals surface area contributed by atoms with Crippen molar-refractivity contribution < 1.29 is 4.79 Å². The van der Waals surface area contributed by atoms with E-state index in [1.54, 1.807) is 23.2 Å². The molecule has 3 rings (SSSR count). The van der Waals surface area contributed by atoms with Gasteiger partial charge in [0.2, 0.25) is 5.91 Å². The van der Waals surface area contributed by atoms with Crippen LogP contribution in [0.25, 0.3) is 11.6 Å². The first-order valence-electron chi connectivity index (χ1n) is 7.00. The van der Waals surface area contributed by atoms with Crippen molar-refractivity contribution in [3.8, 4) is 11.6 Å². The molecule has 6 heteroatoms. The van der Waals surface area contributed by atoms with E-state index in [-0.39, 0.29) is 0 Å². The highest BCUT2D eigenvalue weighted by atomic mass is 16.1. The number of carbonyl (C=O) groups is 1. The van der Waals surface area contributed by atoms with Crippen molar-refractivity contribution >= 4 is 5.91 Å². The van der Waals surface area contributed by atoms with Gasteiger partial charge in [0.05, 0.1) is 0 Å². The summed E-state index contributed by atoms with van der Waals surface area (Å²) >= 11 is 0. The quantitative estimate of drug-likeness (QED) is 0.775. The Morgan fingerprint density at radius 1 is 1.14 bits per heavy atom. The molecule has 2 N–H and O–H groups in total. The zero-order chi connectivity index (χ0) is 15.5. The van der Waals surface area contributed by atoms with Crippen LogP contribution in [0.3, 0.4) is 0 Å². The van der Waals surface area contributed by atoms with Gasteiger partial charge in [-0.3, -0.25) is 4.79 Å². The van der Waals surface area contributed by atoms with E-state index in [2.05, 4.69) is 9.97 Å². The summed E-state index contributed by atoms with van der Waals surface area (Å²) in [5.41, 5.74) is 6.67. The summed E-state index contributed by atoms with van der Waals surface area (Å²) in [6.45, 7) is 0. The first-order chi connectivity index (χ1) is 10.7. The smallest absolute Gasteiger partial charge is 0.240 e. The average Bonchev–Trinajstić information content (AvgIpc) is 3.13. The van der Waals surface area contributed by atoms with Gasteiger partial charge in [-0.25, -0.2) is 9.97 Å². The van der Waals surface area contributed by atoms with Crippen molar-refractivity contribution in [2.75, 3.05) is 0 Å². The Kier molecular flexibility index (Phi) is 3.74. The molecule has 0 saturated carbocycles. The van der Waals surface area contributed by atoms with Crippen LogP contribution in [0.5, 0.6) is 0 Å². The molecule has 0 saturated heterocycles. The van der Waals surface area contributed by atoms with Gasteiger partial charge in [-0.1, -0.05) is 30.3 Å². The number of carbonyl (C=O) groups excluding carboxylic acids is 1. The van der Waals surface area contributed by atoms with Gasteiger partial charge in [-0.15, -0.1) is 0 Å². The van der Waals surface area contributed by atoms with Crippen LogP contribution in [0.15, 0.2) is 55.1 Å². The van der Waals surface area contributed by atoms with E-state index in [1.165, 1.54) is 0 Å². The second-order valence-corrected chi connectivity index (χ2v) is 5.13. The molecule has 0 fully saturated rings. The first kappa shape index (κ1) is 14.1. The third-order valence-electron chi connectivity index (χ3n) is 3.63. The van der Waals surface area contributed by atoms with Gasteiger partial charge in [-0.2, -0.15) is 0 Å². The van der Waals surface area contributed by atoms with Crippen molar-refractivity contribution in [2.45, 2.75) is 12.5 Å². The SMILES string of the molecule is Cn1ccnc1-c1nccn1[C@@H](Cc1ccccc1)C(N)=O. The predicted molar refractivity (Wildman–Crippen MR) is 82.8 cm³/mol. The van der Waals surface area contributed by atoms with E-state index in [1.807, 2.05) is 48.1 Å². The minimum atomic E-state index is -0.503. The summed E-state index contributed by atoms with van der Waals surface area (Å²) in [6, 6.07) is 9.29. The van der Waals surface area contributed by atoms with E-state index >= 15 is 0 Å². The number of hydrogen-bond acceptors (Lipinski definition) is 3. The predicted octanol–water partition coefficient (Wildman–Crippen LogP) is 1.55. The largest absolute Gasteiger partial charge is 0.368 e. The molecule has 22 heavy (non-hydrogen) atoms. The number of hydrogen-bond donors (Lipinski definition) is 1. The maximum Gasteiger partial charge on any atom is 0.240 e. The van der Waals surface area contributed by atoms with Crippen molar-refractivity contribution in [1.82, 2.24) is 19.1 Å². The molecule has 0 aliphatic heterocycles. The number of nitrogens with zero attached hydrogens (tertiary/aromatic N) is 4. The van der Waals surface area contributed by atoms with Crippen molar-refractivity contribution in [3.05, 3.63) is 60.7 Å². The van der Waals surface area contributed by atoms with Crippen molar-refractivity contribution in [1.29, 1.82) is 0 Å². The fourth-order valence-electron chi connectivity index (χ4n) is 2.49. The number of rotatable bonds is 5. The Bertz CT molecular complexity index is 775. The molecule has 2 aromatic heterocycles. The summed E-state index contributed by atoms with van der Waals surface area (Å²) in [6.07, 6.45) is 7.48. The van der Waals surface area contributed by atoms with Gasteiger partial charge in [0.25, 0.3) is 0 Å². The third-order valence-corrected chi connectivity index (χ3v) is 3.63. The number of primary amides is 1. The van der Waals surface area contributed by atoms with Crippen LogP contribution in [0.2, 0.25) is 0 Å². The van der Waals surface area contributed by atoms with E-state index in [0.717, 1.165) is 5.56 Å². The van der Waals surface area contributed by atoms with Gasteiger partial charge in [-0.05, 0) is 5.56 Å². The lowest BCUT2D eigenvalue weighted by atomic mass is 10.1. The van der Waals surface area contributed by atoms with Gasteiger partial charge >= 0.3 is 0 Å². The molecule has 112 valence electrons. The fraction of sp³-hybridized carbons (Fsp3) is 0.188. The van der Waals surface area contributed by atoms with Gasteiger partial charge in [0, 0.05) is 38.3 Å². The van der Waals surface area contributed by atoms with Crippen LogP contribution in [0.4, 0.5) is 0 Å². The maximum absolute atomic E-state index is 12.0. The third kappa shape index (κ3) is 2.63. The van der Waals surface area contributed by atoms with Crippen LogP contribution >= 0.6 is 0 Å². The molecule has 2 heterocycles. The summed E-state index contributed by atoms with van der Waals surface area (Å²) in [4.78, 5) is 20.6. The highest BCUT2D eigenvalue weighted by Crippen LogP contribution is 2.22. The van der Waals surface area contributed by atoms with Gasteiger partial charge in [0.15, 0.2) is 11.6 Å². The number of aryl methyl sites for hydroxylation is 1. The summed E-state index contributed by atoms with van der Waals surface area (Å²) < 4.78 is 3.65. The average molecular weight is 295 g/mol. The second-order valence-electron chi connectivity index (χ2n) is 5.13. The molecular weight excluding hydrogens is 278 g/mol. The molecule has 0 radical (unpaired) electrons. The number of aromatic nitrogens is 4. The molecule has 0 bridgehead atoms. The molecule has 6 nitrogen and oxygen atoms in total. The number of imidazole rings is 2. The zero-order valence-electron chi connectivity index (χ0n) is 12.3. The number of nitrogens with two attached hydrogens (primary N) is 1. The molecule has 0 aliphatic rings. The number of amides is 1. The standard InChI is InChI=1S/C16H17N5O/c1-20-9-7-18-15(20)16-19-8-10-21(16)13(14(17)22)11-12-5-3-2-4-6-12/h2-10,13H,11H2,1H3,(H2,17,22)/t13-/m0/s1. The Morgan fingerprint density at radius 2 is 1.82 bits per heavy atom. The lowest BCUT2D eigenvalue weighted by molar-refractivity contribution is -0.121. The van der Waals surface area contributed by atoms with E-state index in [9.17, 15) is 4.79 Å². The molecule has 1 atom stereocenters. The van der Waals surface area contributed by atoms with E-state index < -0.39 is 11.9 Å². The zero-order valence-corrected chi connectivity index (χ0v) is 12.3. The summed E-state index contributed by atoms with van der Waals surface area (Å²) in [7, 11) is 1.89. The molecule has 0 spiro atoms. The summed E-state index contributed by atoms with van der Waals surface area (Å²) in [5, 5.41) is 0. The Morgan fingerprint density at radius 3 is 2.45 bits per heavy atom. The second kappa shape index (κ2) is 5.85. The molecule has 0 unspecified atom stereocenters. The van der Waals surface area contributed by atoms with Gasteiger partial charge < -0.3 is 14.9 Å². The molecule has 1 aromatic carbocycles. The van der Waals surface area contributed by atoms with Crippen LogP contribution in [-0.2, 0) is 18.3 Å². The topological polar surface area (TPSA) is 78.7 Å². The molecule has 1 amide bonds. The monoisotopic (exact) mass is 295 g/mol. The highest BCUT2D eigenvalue weighted by Gasteiger charge is 2.22. The minimum absolute atomic E-state index is 0.391. The Hall–Kier alpha value is -2.89. The van der Waals surface area contributed by atoms with Crippen molar-refractivity contribution in [3.63, 3.8) is 0 Å². The summed E-state index contributed by atoms with van der Waals surface area (Å²) in [5.74, 6) is 0.939. The molecular formula is C16H17N5O. The fourth-order valence-corrected chi connectivity index (χ4v) is 2.49.